The Balaban J connectivity index is 2.07. The highest BCUT2D eigenvalue weighted by molar-refractivity contribution is 5.43. The summed E-state index contributed by atoms with van der Waals surface area (Å²) in [6, 6.07) is 3.80. The minimum Gasteiger partial charge on any atom is -0.397 e. The molecule has 0 spiro atoms. The summed E-state index contributed by atoms with van der Waals surface area (Å²) in [5.41, 5.74) is 8.01. The molecule has 2 rings (SSSR count). The Morgan fingerprint density at radius 3 is 2.93 bits per heavy atom. The number of nitrogens with zero attached hydrogens (tertiary/aromatic N) is 1. The minimum absolute atomic E-state index is 0.303. The van der Waals surface area contributed by atoms with Crippen molar-refractivity contribution in [2.45, 2.75) is 31.7 Å². The second-order valence-corrected chi connectivity index (χ2v) is 4.03. The molecule has 0 aromatic carbocycles. The highest BCUT2D eigenvalue weighted by Crippen LogP contribution is 2.38. The van der Waals surface area contributed by atoms with Crippen molar-refractivity contribution in [3.05, 3.63) is 24.0 Å². The van der Waals surface area contributed by atoms with Gasteiger partial charge in [0.2, 0.25) is 0 Å². The van der Waals surface area contributed by atoms with Crippen molar-refractivity contribution in [1.29, 1.82) is 0 Å². The van der Waals surface area contributed by atoms with E-state index in [-0.39, 0.29) is 0 Å². The number of anilines is 1. The molecule has 1 aromatic rings. The van der Waals surface area contributed by atoms with Crippen LogP contribution in [0.4, 0.5) is 5.69 Å². The van der Waals surface area contributed by atoms with Gasteiger partial charge >= 0.3 is 0 Å². The monoisotopic (exact) mass is 191 g/mol. The molecule has 1 saturated carbocycles. The van der Waals surface area contributed by atoms with Gasteiger partial charge in [-0.1, -0.05) is 6.92 Å². The van der Waals surface area contributed by atoms with E-state index in [1.807, 2.05) is 18.3 Å². The molecule has 3 nitrogen and oxygen atoms in total. The molecule has 76 valence electrons. The van der Waals surface area contributed by atoms with Gasteiger partial charge in [0.1, 0.15) is 0 Å². The molecule has 0 unspecified atom stereocenters. The molecule has 3 N–H and O–H groups in total. The largest absolute Gasteiger partial charge is 0.397 e. The molecule has 0 bridgehead atoms. The molecule has 1 aliphatic rings. The fraction of sp³-hybridized carbons (Fsp3) is 0.545. The van der Waals surface area contributed by atoms with Crippen LogP contribution in [0.5, 0.6) is 0 Å². The normalized spacial score (nSPS) is 18.1. The smallest absolute Gasteiger partial charge is 0.0650 e. The van der Waals surface area contributed by atoms with E-state index in [1.165, 1.54) is 12.8 Å². The van der Waals surface area contributed by atoms with E-state index in [2.05, 4.69) is 17.2 Å². The van der Waals surface area contributed by atoms with E-state index >= 15 is 0 Å². The first kappa shape index (κ1) is 9.46. The number of pyridine rings is 1. The van der Waals surface area contributed by atoms with E-state index in [0.29, 0.717) is 5.54 Å². The average Bonchev–Trinajstić information content (AvgIpc) is 2.90. The van der Waals surface area contributed by atoms with Crippen LogP contribution >= 0.6 is 0 Å². The summed E-state index contributed by atoms with van der Waals surface area (Å²) in [6.45, 7) is 3.16. The minimum atomic E-state index is 0.303. The number of rotatable bonds is 4. The summed E-state index contributed by atoms with van der Waals surface area (Å²) in [7, 11) is 0. The average molecular weight is 191 g/mol. The first-order valence-electron chi connectivity index (χ1n) is 5.20. The summed E-state index contributed by atoms with van der Waals surface area (Å²) in [5.74, 6) is 0. The molecule has 14 heavy (non-hydrogen) atoms. The first-order valence-corrected chi connectivity index (χ1v) is 5.20. The second kappa shape index (κ2) is 3.58. The molecule has 0 saturated heterocycles. The summed E-state index contributed by atoms with van der Waals surface area (Å²) < 4.78 is 0. The lowest BCUT2D eigenvalue weighted by Crippen LogP contribution is -2.33. The molecule has 3 heteroatoms. The Hall–Kier alpha value is -1.09. The molecule has 1 heterocycles. The molecular formula is C11H17N3. The molecule has 1 fully saturated rings. The van der Waals surface area contributed by atoms with E-state index in [0.717, 1.165) is 24.3 Å². The van der Waals surface area contributed by atoms with E-state index in [9.17, 15) is 0 Å². The van der Waals surface area contributed by atoms with E-state index in [1.54, 1.807) is 0 Å². The van der Waals surface area contributed by atoms with Crippen molar-refractivity contribution in [3.63, 3.8) is 0 Å². The van der Waals surface area contributed by atoms with E-state index < -0.39 is 0 Å². The first-order chi connectivity index (χ1) is 6.76. The number of hydrogen-bond acceptors (Lipinski definition) is 3. The Kier molecular flexibility index (Phi) is 2.42. The Labute approximate surface area is 84.7 Å². The molecule has 1 aromatic heterocycles. The van der Waals surface area contributed by atoms with Crippen LogP contribution in [-0.2, 0) is 6.42 Å². The fourth-order valence-corrected chi connectivity index (χ4v) is 1.86. The fourth-order valence-electron chi connectivity index (χ4n) is 1.86. The maximum absolute atomic E-state index is 5.86. The van der Waals surface area contributed by atoms with Crippen LogP contribution < -0.4 is 11.1 Å². The molecule has 0 radical (unpaired) electrons. The number of nitrogen functional groups attached to an aromatic ring is 1. The van der Waals surface area contributed by atoms with Crippen LogP contribution in [0.25, 0.3) is 0 Å². The van der Waals surface area contributed by atoms with E-state index in [4.69, 9.17) is 5.73 Å². The third-order valence-electron chi connectivity index (χ3n) is 2.84. The van der Waals surface area contributed by atoms with Gasteiger partial charge in [0, 0.05) is 18.2 Å². The van der Waals surface area contributed by atoms with Gasteiger partial charge in [-0.2, -0.15) is 0 Å². The number of likely N-dealkylation sites (N-methyl/N-ethyl adjacent to an activating group) is 1. The molecule has 0 amide bonds. The van der Waals surface area contributed by atoms with Gasteiger partial charge in [-0.05, 0) is 31.5 Å². The molecule has 0 atom stereocenters. The van der Waals surface area contributed by atoms with Crippen LogP contribution in [0.15, 0.2) is 18.3 Å². The summed E-state index contributed by atoms with van der Waals surface area (Å²) in [5, 5.41) is 3.51. The predicted molar refractivity (Wildman–Crippen MR) is 58.0 cm³/mol. The van der Waals surface area contributed by atoms with Crippen molar-refractivity contribution in [2.75, 3.05) is 12.3 Å². The van der Waals surface area contributed by atoms with Gasteiger partial charge in [0.05, 0.1) is 11.4 Å². The quantitative estimate of drug-likeness (QED) is 0.755. The SMILES string of the molecule is CCNC1(Cc2ncccc2N)CC1. The third kappa shape index (κ3) is 1.87. The predicted octanol–water partition coefficient (Wildman–Crippen LogP) is 1.35. The zero-order valence-electron chi connectivity index (χ0n) is 8.59. The zero-order chi connectivity index (χ0) is 10.0. The summed E-state index contributed by atoms with van der Waals surface area (Å²) in [4.78, 5) is 4.32. The van der Waals surface area contributed by atoms with Gasteiger partial charge in [0.25, 0.3) is 0 Å². The lowest BCUT2D eigenvalue weighted by atomic mass is 10.1. The number of nitrogens with two attached hydrogens (primary N) is 1. The lowest BCUT2D eigenvalue weighted by Gasteiger charge is -2.16. The second-order valence-electron chi connectivity index (χ2n) is 4.03. The summed E-state index contributed by atoms with van der Waals surface area (Å²) >= 11 is 0. The maximum atomic E-state index is 5.86. The number of nitrogens with one attached hydrogen (secondary N) is 1. The Morgan fingerprint density at radius 2 is 2.36 bits per heavy atom. The van der Waals surface area contributed by atoms with Crippen LogP contribution in [0.2, 0.25) is 0 Å². The van der Waals surface area contributed by atoms with Crippen molar-refractivity contribution < 1.29 is 0 Å². The highest BCUT2D eigenvalue weighted by atomic mass is 15.0. The molecule has 1 aliphatic carbocycles. The van der Waals surface area contributed by atoms with Crippen molar-refractivity contribution >= 4 is 5.69 Å². The third-order valence-corrected chi connectivity index (χ3v) is 2.84. The van der Waals surface area contributed by atoms with Crippen LogP contribution in [0.3, 0.4) is 0 Å². The van der Waals surface area contributed by atoms with Crippen molar-refractivity contribution in [2.24, 2.45) is 0 Å². The van der Waals surface area contributed by atoms with Crippen molar-refractivity contribution in [3.8, 4) is 0 Å². The van der Waals surface area contributed by atoms with Gasteiger partial charge in [-0.25, -0.2) is 0 Å². The van der Waals surface area contributed by atoms with Gasteiger partial charge in [-0.3, -0.25) is 4.98 Å². The zero-order valence-corrected chi connectivity index (χ0v) is 8.59. The van der Waals surface area contributed by atoms with Gasteiger partial charge < -0.3 is 11.1 Å². The van der Waals surface area contributed by atoms with Crippen LogP contribution in [0, 0.1) is 0 Å². The number of aromatic nitrogens is 1. The van der Waals surface area contributed by atoms with Crippen LogP contribution in [-0.4, -0.2) is 17.1 Å². The van der Waals surface area contributed by atoms with Gasteiger partial charge in [0.15, 0.2) is 0 Å². The lowest BCUT2D eigenvalue weighted by molar-refractivity contribution is 0.506. The Morgan fingerprint density at radius 1 is 1.57 bits per heavy atom. The topological polar surface area (TPSA) is 50.9 Å². The molecule has 0 aliphatic heterocycles. The standard InChI is InChI=1S/C11H17N3/c1-2-14-11(5-6-11)8-10-9(12)4-3-7-13-10/h3-4,7,14H,2,5-6,8,12H2,1H3. The highest BCUT2D eigenvalue weighted by Gasteiger charge is 2.42. The maximum Gasteiger partial charge on any atom is 0.0650 e. The Bertz CT molecular complexity index is 318. The summed E-state index contributed by atoms with van der Waals surface area (Å²) in [6.07, 6.45) is 5.27. The number of hydrogen-bond donors (Lipinski definition) is 2. The van der Waals surface area contributed by atoms with Crippen LogP contribution in [0.1, 0.15) is 25.5 Å². The van der Waals surface area contributed by atoms with Crippen molar-refractivity contribution in [1.82, 2.24) is 10.3 Å². The molecular weight excluding hydrogens is 174 g/mol. The van der Waals surface area contributed by atoms with Gasteiger partial charge in [-0.15, -0.1) is 0 Å².